The predicted molar refractivity (Wildman–Crippen MR) is 79.3 cm³/mol. The van der Waals surface area contributed by atoms with Gasteiger partial charge in [-0.25, -0.2) is 0 Å². The van der Waals surface area contributed by atoms with Gasteiger partial charge in [0.15, 0.2) is 0 Å². The van der Waals surface area contributed by atoms with Crippen LogP contribution in [0.3, 0.4) is 0 Å². The first-order valence-electron chi connectivity index (χ1n) is 6.90. The minimum Gasteiger partial charge on any atom is -0.313 e. The van der Waals surface area contributed by atoms with E-state index in [2.05, 4.69) is 17.4 Å². The minimum atomic E-state index is -4.04. The molecule has 0 spiro atoms. The van der Waals surface area contributed by atoms with Gasteiger partial charge in [-0.1, -0.05) is 24.6 Å². The van der Waals surface area contributed by atoms with Crippen LogP contribution >= 0.6 is 11.8 Å². The molecule has 0 aliphatic carbocycles. The monoisotopic (exact) mass is 305 g/mol. The maximum absolute atomic E-state index is 12.2. The lowest BCUT2D eigenvalue weighted by Gasteiger charge is -2.18. The minimum absolute atomic E-state index is 0.133. The van der Waals surface area contributed by atoms with Crippen molar-refractivity contribution < 1.29 is 13.2 Å². The topological polar surface area (TPSA) is 12.0 Å². The Bertz CT molecular complexity index is 376. The van der Waals surface area contributed by atoms with Crippen LogP contribution in [0.15, 0.2) is 29.2 Å². The van der Waals surface area contributed by atoms with Crippen LogP contribution in [0.5, 0.6) is 0 Å². The standard InChI is InChI=1S/C15H22F3NS/c1-3-19-13(5-4-10-15(16,17)18)11-20-14-8-6-12(2)7-9-14/h6-9,13,19H,3-5,10-11H2,1-2H3. The number of nitrogens with one attached hydrogen (secondary N) is 1. The number of hydrogen-bond acceptors (Lipinski definition) is 2. The van der Waals surface area contributed by atoms with Gasteiger partial charge in [0.25, 0.3) is 0 Å². The zero-order valence-electron chi connectivity index (χ0n) is 12.0. The summed E-state index contributed by atoms with van der Waals surface area (Å²) in [7, 11) is 0. The summed E-state index contributed by atoms with van der Waals surface area (Å²) in [5.41, 5.74) is 1.21. The fourth-order valence-corrected chi connectivity index (χ4v) is 2.92. The molecule has 0 bridgehead atoms. The van der Waals surface area contributed by atoms with Gasteiger partial charge in [0.1, 0.15) is 0 Å². The molecule has 0 fully saturated rings. The molecule has 114 valence electrons. The van der Waals surface area contributed by atoms with E-state index >= 15 is 0 Å². The molecule has 1 rings (SSSR count). The van der Waals surface area contributed by atoms with Crippen LogP contribution in [0.4, 0.5) is 13.2 Å². The van der Waals surface area contributed by atoms with Crippen molar-refractivity contribution in [3.05, 3.63) is 29.8 Å². The van der Waals surface area contributed by atoms with Gasteiger partial charge in [-0.15, -0.1) is 11.8 Å². The van der Waals surface area contributed by atoms with E-state index in [1.165, 1.54) is 5.56 Å². The van der Waals surface area contributed by atoms with Gasteiger partial charge in [0.2, 0.25) is 0 Å². The zero-order chi connectivity index (χ0) is 15.0. The molecule has 1 atom stereocenters. The summed E-state index contributed by atoms with van der Waals surface area (Å²) in [4.78, 5) is 1.16. The van der Waals surface area contributed by atoms with Gasteiger partial charge in [0, 0.05) is 23.1 Å². The average Bonchev–Trinajstić information content (AvgIpc) is 2.36. The molecule has 0 saturated heterocycles. The highest BCUT2D eigenvalue weighted by Crippen LogP contribution is 2.24. The second-order valence-electron chi connectivity index (χ2n) is 4.89. The van der Waals surface area contributed by atoms with Crippen molar-refractivity contribution in [2.75, 3.05) is 12.3 Å². The van der Waals surface area contributed by atoms with Crippen LogP contribution in [-0.4, -0.2) is 24.5 Å². The Morgan fingerprint density at radius 3 is 2.40 bits per heavy atom. The Hall–Kier alpha value is -0.680. The van der Waals surface area contributed by atoms with Crippen molar-refractivity contribution in [2.24, 2.45) is 0 Å². The third-order valence-electron chi connectivity index (χ3n) is 2.98. The molecule has 1 aromatic carbocycles. The fraction of sp³-hybridized carbons (Fsp3) is 0.600. The lowest BCUT2D eigenvalue weighted by atomic mass is 10.1. The van der Waals surface area contributed by atoms with Crippen molar-refractivity contribution in [3.63, 3.8) is 0 Å². The van der Waals surface area contributed by atoms with Gasteiger partial charge < -0.3 is 5.32 Å². The molecule has 0 heterocycles. The molecule has 0 aliphatic rings. The highest BCUT2D eigenvalue weighted by molar-refractivity contribution is 7.99. The molecule has 5 heteroatoms. The van der Waals surface area contributed by atoms with E-state index in [-0.39, 0.29) is 12.5 Å². The van der Waals surface area contributed by atoms with Gasteiger partial charge in [0.05, 0.1) is 0 Å². The summed E-state index contributed by atoms with van der Waals surface area (Å²) in [6, 6.07) is 8.34. The van der Waals surface area contributed by atoms with Crippen molar-refractivity contribution in [3.8, 4) is 0 Å². The van der Waals surface area contributed by atoms with E-state index in [4.69, 9.17) is 0 Å². The SMILES string of the molecule is CCNC(CCCC(F)(F)F)CSc1ccc(C)cc1. The number of alkyl halides is 3. The Kier molecular flexibility index (Phi) is 7.45. The number of rotatable bonds is 8. The summed E-state index contributed by atoms with van der Waals surface area (Å²) in [6.07, 6.45) is -3.98. The van der Waals surface area contributed by atoms with Gasteiger partial charge >= 0.3 is 6.18 Å². The van der Waals surface area contributed by atoms with Crippen LogP contribution < -0.4 is 5.32 Å². The normalized spacial score (nSPS) is 13.4. The maximum Gasteiger partial charge on any atom is 0.389 e. The molecule has 0 amide bonds. The molecule has 0 aliphatic heterocycles. The first-order valence-corrected chi connectivity index (χ1v) is 7.89. The van der Waals surface area contributed by atoms with Gasteiger partial charge in [-0.2, -0.15) is 13.2 Å². The van der Waals surface area contributed by atoms with Crippen molar-refractivity contribution in [1.29, 1.82) is 0 Å². The number of thioether (sulfide) groups is 1. The number of hydrogen-bond donors (Lipinski definition) is 1. The quantitative estimate of drug-likeness (QED) is 0.693. The van der Waals surface area contributed by atoms with Gasteiger partial charge in [-0.3, -0.25) is 0 Å². The molecule has 1 N–H and O–H groups in total. The number of halogens is 3. The van der Waals surface area contributed by atoms with Crippen LogP contribution in [0.1, 0.15) is 31.7 Å². The van der Waals surface area contributed by atoms with Crippen LogP contribution in [0.2, 0.25) is 0 Å². The van der Waals surface area contributed by atoms with E-state index in [0.29, 0.717) is 6.42 Å². The van der Waals surface area contributed by atoms with Gasteiger partial charge in [-0.05, 0) is 38.4 Å². The fourth-order valence-electron chi connectivity index (χ4n) is 1.91. The maximum atomic E-state index is 12.2. The van der Waals surface area contributed by atoms with Crippen LogP contribution in [0.25, 0.3) is 0 Å². The summed E-state index contributed by atoms with van der Waals surface area (Å²) in [6.45, 7) is 4.80. The summed E-state index contributed by atoms with van der Waals surface area (Å²) < 4.78 is 36.5. The molecule has 20 heavy (non-hydrogen) atoms. The average molecular weight is 305 g/mol. The number of benzene rings is 1. The first-order chi connectivity index (χ1) is 9.40. The van der Waals surface area contributed by atoms with Crippen LogP contribution in [0, 0.1) is 6.92 Å². The van der Waals surface area contributed by atoms with Crippen molar-refractivity contribution in [1.82, 2.24) is 5.32 Å². The smallest absolute Gasteiger partial charge is 0.313 e. The third-order valence-corrected chi connectivity index (χ3v) is 4.15. The predicted octanol–water partition coefficient (Wildman–Crippen LogP) is 4.80. The molecule has 1 aromatic rings. The highest BCUT2D eigenvalue weighted by atomic mass is 32.2. The highest BCUT2D eigenvalue weighted by Gasteiger charge is 2.26. The third kappa shape index (κ3) is 7.80. The largest absolute Gasteiger partial charge is 0.389 e. The molecular weight excluding hydrogens is 283 g/mol. The Labute approximate surface area is 123 Å². The van der Waals surface area contributed by atoms with E-state index in [1.807, 2.05) is 26.0 Å². The number of aryl methyl sites for hydroxylation is 1. The molecule has 1 unspecified atom stereocenters. The lowest BCUT2D eigenvalue weighted by molar-refractivity contribution is -0.135. The lowest BCUT2D eigenvalue weighted by Crippen LogP contribution is -2.31. The summed E-state index contributed by atoms with van der Waals surface area (Å²) in [5.74, 6) is 0.800. The zero-order valence-corrected chi connectivity index (χ0v) is 12.8. The molecule has 0 saturated carbocycles. The first kappa shape index (κ1) is 17.4. The van der Waals surface area contributed by atoms with E-state index in [1.54, 1.807) is 11.8 Å². The summed E-state index contributed by atoms with van der Waals surface area (Å²) >= 11 is 1.69. The Morgan fingerprint density at radius 2 is 1.85 bits per heavy atom. The second kappa shape index (κ2) is 8.57. The molecular formula is C15H22F3NS. The van der Waals surface area contributed by atoms with Crippen molar-refractivity contribution in [2.45, 2.75) is 50.2 Å². The van der Waals surface area contributed by atoms with Crippen LogP contribution in [-0.2, 0) is 0 Å². The van der Waals surface area contributed by atoms with E-state index in [9.17, 15) is 13.2 Å². The molecule has 0 radical (unpaired) electrons. The Morgan fingerprint density at radius 1 is 1.20 bits per heavy atom. The molecule has 0 aromatic heterocycles. The summed E-state index contributed by atoms with van der Waals surface area (Å²) in [5, 5.41) is 3.26. The van der Waals surface area contributed by atoms with E-state index in [0.717, 1.165) is 17.2 Å². The van der Waals surface area contributed by atoms with Crippen molar-refractivity contribution >= 4 is 11.8 Å². The molecule has 1 nitrogen and oxygen atoms in total. The van der Waals surface area contributed by atoms with E-state index < -0.39 is 12.6 Å². The second-order valence-corrected chi connectivity index (χ2v) is 5.98. The Balaban J connectivity index is 2.36.